The van der Waals surface area contributed by atoms with E-state index in [1.54, 1.807) is 0 Å². The second-order valence-corrected chi connectivity index (χ2v) is 5.59. The van der Waals surface area contributed by atoms with Gasteiger partial charge in [-0.3, -0.25) is 0 Å². The molecule has 1 aromatic carbocycles. The number of nitriles is 1. The number of allylic oxidation sites excluding steroid dienone is 1. The normalized spacial score (nSPS) is 16.9. The Morgan fingerprint density at radius 2 is 2.19 bits per heavy atom. The zero-order valence-electron chi connectivity index (χ0n) is 12.3. The van der Waals surface area contributed by atoms with Gasteiger partial charge in [0.2, 0.25) is 0 Å². The number of nitrogens with one attached hydrogen (secondary N) is 1. The Morgan fingerprint density at radius 1 is 1.38 bits per heavy atom. The van der Waals surface area contributed by atoms with Gasteiger partial charge in [0.1, 0.15) is 17.5 Å². The lowest BCUT2D eigenvalue weighted by molar-refractivity contribution is 0.418. The van der Waals surface area contributed by atoms with Gasteiger partial charge in [-0.25, -0.2) is 0 Å². The maximum atomic E-state index is 9.25. The largest absolute Gasteiger partial charge is 0.384 e. The van der Waals surface area contributed by atoms with Crippen LogP contribution in [0.1, 0.15) is 16.7 Å². The summed E-state index contributed by atoms with van der Waals surface area (Å²) in [6.07, 6.45) is 3.94. The molecule has 0 spiro atoms. The van der Waals surface area contributed by atoms with E-state index in [9.17, 15) is 5.26 Å². The summed E-state index contributed by atoms with van der Waals surface area (Å²) in [6, 6.07) is 8.69. The molecule has 1 aromatic rings. The molecule has 0 amide bonds. The van der Waals surface area contributed by atoms with Crippen molar-refractivity contribution in [1.82, 2.24) is 10.2 Å². The average molecular weight is 278 g/mol. The van der Waals surface area contributed by atoms with Crippen molar-refractivity contribution < 1.29 is 0 Å². The molecule has 0 aliphatic carbocycles. The molecule has 0 saturated carbocycles. The summed E-state index contributed by atoms with van der Waals surface area (Å²) < 4.78 is 0. The van der Waals surface area contributed by atoms with Crippen molar-refractivity contribution in [3.63, 3.8) is 0 Å². The van der Waals surface area contributed by atoms with E-state index in [1.165, 1.54) is 16.7 Å². The Hall–Kier alpha value is -2.67. The lowest BCUT2D eigenvalue weighted by Crippen LogP contribution is -2.22. The van der Waals surface area contributed by atoms with E-state index < -0.39 is 0 Å². The quantitative estimate of drug-likeness (QED) is 0.870. The Kier molecular flexibility index (Phi) is 3.19. The predicted octanol–water partition coefficient (Wildman–Crippen LogP) is 2.18. The molecule has 2 aliphatic heterocycles. The van der Waals surface area contributed by atoms with Crippen molar-refractivity contribution in [3.05, 3.63) is 69.8 Å². The highest BCUT2D eigenvalue weighted by Crippen LogP contribution is 2.31. The van der Waals surface area contributed by atoms with Gasteiger partial charge in [-0.1, -0.05) is 23.8 Å². The third kappa shape index (κ3) is 2.38. The fourth-order valence-electron chi connectivity index (χ4n) is 2.76. The van der Waals surface area contributed by atoms with E-state index >= 15 is 0 Å². The molecule has 0 aromatic heterocycles. The average Bonchev–Trinajstić information content (AvgIpc) is 2.85. The number of hydrogen-bond donors (Lipinski definition) is 2. The standard InChI is InChI=1S/C17H18N4/c1-11-3-4-12(2)13(5-11)8-21-9-14-7-20-17(19)15(6-18)16(14)10-21/h3-5,7,10,20H,8-9,19H2,1-2H3. The summed E-state index contributed by atoms with van der Waals surface area (Å²) in [7, 11) is 0. The minimum absolute atomic E-state index is 0.432. The Bertz CT molecular complexity index is 732. The number of hydrogen-bond acceptors (Lipinski definition) is 4. The molecule has 0 radical (unpaired) electrons. The first-order valence-electron chi connectivity index (χ1n) is 6.96. The number of fused-ring (bicyclic) bond motifs is 1. The fraction of sp³-hybridized carbons (Fsp3) is 0.235. The lowest BCUT2D eigenvalue weighted by Gasteiger charge is -2.18. The molecule has 0 atom stereocenters. The van der Waals surface area contributed by atoms with E-state index in [0.717, 1.165) is 24.2 Å². The molecule has 0 bridgehead atoms. The highest BCUT2D eigenvalue weighted by molar-refractivity contribution is 5.59. The van der Waals surface area contributed by atoms with Crippen molar-refractivity contribution in [1.29, 1.82) is 5.26 Å². The van der Waals surface area contributed by atoms with E-state index in [4.69, 9.17) is 5.73 Å². The van der Waals surface area contributed by atoms with E-state index in [1.807, 2.05) is 12.4 Å². The monoisotopic (exact) mass is 278 g/mol. The summed E-state index contributed by atoms with van der Waals surface area (Å²) in [6.45, 7) is 5.88. The van der Waals surface area contributed by atoms with Crippen LogP contribution in [0.3, 0.4) is 0 Å². The zero-order chi connectivity index (χ0) is 15.0. The second kappa shape index (κ2) is 5.02. The predicted molar refractivity (Wildman–Crippen MR) is 82.5 cm³/mol. The lowest BCUT2D eigenvalue weighted by atomic mass is 10.0. The third-order valence-electron chi connectivity index (χ3n) is 3.96. The van der Waals surface area contributed by atoms with Crippen LogP contribution in [-0.2, 0) is 6.54 Å². The molecule has 4 heteroatoms. The van der Waals surface area contributed by atoms with Gasteiger partial charge >= 0.3 is 0 Å². The van der Waals surface area contributed by atoms with E-state index in [2.05, 4.69) is 48.3 Å². The zero-order valence-corrected chi connectivity index (χ0v) is 12.3. The Morgan fingerprint density at radius 3 is 2.95 bits per heavy atom. The van der Waals surface area contributed by atoms with Crippen molar-refractivity contribution in [2.45, 2.75) is 20.4 Å². The molecule has 0 saturated heterocycles. The summed E-state index contributed by atoms with van der Waals surface area (Å²) >= 11 is 0. The number of aryl methyl sites for hydroxylation is 2. The number of dihydropyridines is 1. The van der Waals surface area contributed by atoms with Gasteiger partial charge in [-0.15, -0.1) is 0 Å². The van der Waals surface area contributed by atoms with Crippen molar-refractivity contribution in [2.24, 2.45) is 5.73 Å². The minimum atomic E-state index is 0.432. The van der Waals surface area contributed by atoms with Crippen LogP contribution < -0.4 is 11.1 Å². The first kappa shape index (κ1) is 13.3. The first-order valence-corrected chi connectivity index (χ1v) is 6.96. The smallest absolute Gasteiger partial charge is 0.119 e. The summed E-state index contributed by atoms with van der Waals surface area (Å²) in [5, 5.41) is 12.2. The molecule has 2 aliphatic rings. The summed E-state index contributed by atoms with van der Waals surface area (Å²) in [4.78, 5) is 2.22. The number of nitrogens with zero attached hydrogens (tertiary/aromatic N) is 2. The molecule has 3 rings (SSSR count). The highest BCUT2D eigenvalue weighted by Gasteiger charge is 2.25. The minimum Gasteiger partial charge on any atom is -0.384 e. The second-order valence-electron chi connectivity index (χ2n) is 5.59. The van der Waals surface area contributed by atoms with Gasteiger partial charge in [0.15, 0.2) is 0 Å². The molecule has 0 unspecified atom stereocenters. The van der Waals surface area contributed by atoms with E-state index in [0.29, 0.717) is 11.4 Å². The topological polar surface area (TPSA) is 65.1 Å². The van der Waals surface area contributed by atoms with Crippen molar-refractivity contribution >= 4 is 0 Å². The van der Waals surface area contributed by atoms with Gasteiger partial charge in [0.05, 0.1) is 0 Å². The number of benzene rings is 1. The van der Waals surface area contributed by atoms with Crippen LogP contribution in [0, 0.1) is 25.2 Å². The van der Waals surface area contributed by atoms with Gasteiger partial charge in [-0.05, 0) is 30.5 Å². The fourth-order valence-corrected chi connectivity index (χ4v) is 2.76. The van der Waals surface area contributed by atoms with Crippen LogP contribution >= 0.6 is 0 Å². The molecule has 3 N–H and O–H groups in total. The number of nitrogens with two attached hydrogens (primary N) is 1. The van der Waals surface area contributed by atoms with Gasteiger partial charge in [-0.2, -0.15) is 5.26 Å². The third-order valence-corrected chi connectivity index (χ3v) is 3.96. The highest BCUT2D eigenvalue weighted by atomic mass is 15.1. The van der Waals surface area contributed by atoms with Gasteiger partial charge in [0.25, 0.3) is 0 Å². The summed E-state index contributed by atoms with van der Waals surface area (Å²) in [5.74, 6) is 0.432. The molecule has 4 nitrogen and oxygen atoms in total. The molecular formula is C17H18N4. The molecule has 0 fully saturated rings. The maximum absolute atomic E-state index is 9.25. The van der Waals surface area contributed by atoms with Crippen molar-refractivity contribution in [2.75, 3.05) is 6.54 Å². The van der Waals surface area contributed by atoms with Crippen LogP contribution in [0.4, 0.5) is 0 Å². The molecule has 106 valence electrons. The van der Waals surface area contributed by atoms with Crippen LogP contribution in [-0.4, -0.2) is 11.4 Å². The molecule has 2 heterocycles. The van der Waals surface area contributed by atoms with Crippen LogP contribution in [0.25, 0.3) is 0 Å². The van der Waals surface area contributed by atoms with Crippen LogP contribution in [0.2, 0.25) is 0 Å². The molecule has 21 heavy (non-hydrogen) atoms. The van der Waals surface area contributed by atoms with Crippen molar-refractivity contribution in [3.8, 4) is 6.07 Å². The Labute approximate surface area is 124 Å². The first-order chi connectivity index (χ1) is 10.1. The maximum Gasteiger partial charge on any atom is 0.119 e. The summed E-state index contributed by atoms with van der Waals surface area (Å²) in [5.41, 5.74) is 12.3. The van der Waals surface area contributed by atoms with Crippen LogP contribution in [0.15, 0.2) is 53.1 Å². The van der Waals surface area contributed by atoms with E-state index in [-0.39, 0.29) is 0 Å². The number of rotatable bonds is 2. The Balaban J connectivity index is 1.87. The van der Waals surface area contributed by atoms with Gasteiger partial charge < -0.3 is 16.0 Å². The SMILES string of the molecule is Cc1ccc(C)c(CN2C=C3C(=CNC(N)=C3C#N)C2)c1. The van der Waals surface area contributed by atoms with Crippen LogP contribution in [0.5, 0.6) is 0 Å². The van der Waals surface area contributed by atoms with Gasteiger partial charge in [0, 0.05) is 31.1 Å². The molecular weight excluding hydrogens is 260 g/mol.